The molecule has 8 rings (SSSR count). The number of hydrogen-bond donors (Lipinski definition) is 3. The fraction of sp³-hybridized carbons (Fsp3) is 0.364. The van der Waals surface area contributed by atoms with E-state index in [0.717, 1.165) is 61.0 Å². The van der Waals surface area contributed by atoms with Gasteiger partial charge in [-0.2, -0.15) is 0 Å². The maximum atomic E-state index is 12.4. The minimum absolute atomic E-state index is 0.280. The Morgan fingerprint density at radius 3 is 1.64 bits per heavy atom. The SMILES string of the molecule is CCOC(=O)c1nc(-c2cccc(C#C[C@]3(O)CCN(C)C3=O)c2)nc2c1CCC2.CN1CC[C@@](O)(C#Cc2cccc(-c3nc4c(c(C(N)=O)n3)CCC4)c2)C1=O. The standard InChI is InChI=1S/C23H23N3O4.C21H20N4O3/c1-3-30-21(27)19-17-8-5-9-18(17)24-20(25-19)16-7-4-6-15(14-16)10-11-23(29)12-13-26(2)22(23)28;1-25-11-10-21(28,20(25)27)9-8-13-4-2-5-14(12-13)19-23-16-7-3-6-15(16)17(24-19)18(22)26/h4,6-7,14,29H,3,5,8-9,12-13H2,1-2H3;2,4-5,12,28H,3,6-7,10-11H2,1H3,(H2,22,26)/t23-;21-/m00/s1. The fourth-order valence-corrected chi connectivity index (χ4v) is 7.46. The van der Waals surface area contributed by atoms with Crippen molar-refractivity contribution in [1.29, 1.82) is 0 Å². The van der Waals surface area contributed by atoms with Crippen LogP contribution in [0, 0.1) is 23.7 Å². The number of likely N-dealkylation sites (N-methyl/N-ethyl adjacent to an activating group) is 2. The van der Waals surface area contributed by atoms with Crippen LogP contribution >= 0.6 is 0 Å². The summed E-state index contributed by atoms with van der Waals surface area (Å²) in [6.07, 6.45) is 5.58. The summed E-state index contributed by atoms with van der Waals surface area (Å²) in [5.41, 5.74) is 8.96. The average Bonchev–Trinajstić information content (AvgIpc) is 4.02. The van der Waals surface area contributed by atoms with E-state index in [9.17, 15) is 29.4 Å². The minimum Gasteiger partial charge on any atom is -0.461 e. The Morgan fingerprint density at radius 2 is 1.21 bits per heavy atom. The number of likely N-dealkylation sites (tertiary alicyclic amines) is 2. The zero-order valence-corrected chi connectivity index (χ0v) is 32.6. The third kappa shape index (κ3) is 8.03. The molecule has 296 valence electrons. The molecule has 2 aromatic carbocycles. The molecule has 0 saturated carbocycles. The maximum absolute atomic E-state index is 12.4. The second-order valence-corrected chi connectivity index (χ2v) is 14.8. The van der Waals surface area contributed by atoms with E-state index in [-0.39, 0.29) is 37.0 Å². The van der Waals surface area contributed by atoms with E-state index in [1.807, 2.05) is 18.2 Å². The molecule has 14 nitrogen and oxygen atoms in total. The highest BCUT2D eigenvalue weighted by atomic mass is 16.5. The summed E-state index contributed by atoms with van der Waals surface area (Å²) in [6.45, 7) is 3.00. The summed E-state index contributed by atoms with van der Waals surface area (Å²) in [6, 6.07) is 14.4. The molecule has 58 heavy (non-hydrogen) atoms. The normalized spacial score (nSPS) is 20.3. The number of primary amides is 1. The summed E-state index contributed by atoms with van der Waals surface area (Å²) < 4.78 is 5.18. The highest BCUT2D eigenvalue weighted by Gasteiger charge is 2.43. The van der Waals surface area contributed by atoms with Crippen molar-refractivity contribution in [2.24, 2.45) is 5.73 Å². The quantitative estimate of drug-likeness (QED) is 0.198. The molecule has 14 heteroatoms. The number of nitrogens with two attached hydrogens (primary N) is 1. The summed E-state index contributed by atoms with van der Waals surface area (Å²) in [7, 11) is 3.29. The van der Waals surface area contributed by atoms with Gasteiger partial charge in [-0.15, -0.1) is 0 Å². The molecule has 2 fully saturated rings. The highest BCUT2D eigenvalue weighted by Crippen LogP contribution is 2.29. The average molecular weight is 782 g/mol. The lowest BCUT2D eigenvalue weighted by Crippen LogP contribution is -2.37. The van der Waals surface area contributed by atoms with Crippen LogP contribution in [-0.4, -0.2) is 109 Å². The summed E-state index contributed by atoms with van der Waals surface area (Å²) in [5, 5.41) is 20.9. The number of carbonyl (C=O) groups excluding carboxylic acids is 4. The number of aliphatic hydroxyl groups is 2. The van der Waals surface area contributed by atoms with Crippen LogP contribution in [0.1, 0.15) is 87.2 Å². The van der Waals surface area contributed by atoms with Gasteiger partial charge in [0.15, 0.2) is 17.3 Å². The number of ether oxygens (including phenoxy) is 1. The van der Waals surface area contributed by atoms with Gasteiger partial charge < -0.3 is 30.5 Å². The van der Waals surface area contributed by atoms with E-state index in [1.165, 1.54) is 9.80 Å². The van der Waals surface area contributed by atoms with Crippen LogP contribution in [0.25, 0.3) is 22.8 Å². The largest absolute Gasteiger partial charge is 0.461 e. The molecule has 2 atom stereocenters. The second-order valence-electron chi connectivity index (χ2n) is 14.8. The van der Waals surface area contributed by atoms with Crippen molar-refractivity contribution in [3.8, 4) is 46.5 Å². The van der Waals surface area contributed by atoms with Crippen molar-refractivity contribution >= 4 is 23.7 Å². The van der Waals surface area contributed by atoms with Crippen LogP contribution in [0.4, 0.5) is 0 Å². The van der Waals surface area contributed by atoms with E-state index in [1.54, 1.807) is 51.4 Å². The van der Waals surface area contributed by atoms with Crippen LogP contribution in [-0.2, 0) is 40.0 Å². The Hall–Kier alpha value is -6.48. The number of aryl methyl sites for hydroxylation is 2. The second kappa shape index (κ2) is 16.2. The van der Waals surface area contributed by atoms with Gasteiger partial charge in [-0.3, -0.25) is 14.4 Å². The predicted molar refractivity (Wildman–Crippen MR) is 212 cm³/mol. The first-order valence-electron chi connectivity index (χ1n) is 19.3. The minimum atomic E-state index is -1.65. The van der Waals surface area contributed by atoms with Gasteiger partial charge in [0.25, 0.3) is 17.7 Å². The van der Waals surface area contributed by atoms with Gasteiger partial charge in [-0.25, -0.2) is 24.7 Å². The van der Waals surface area contributed by atoms with Gasteiger partial charge >= 0.3 is 5.97 Å². The Balaban J connectivity index is 0.000000177. The zero-order chi connectivity index (χ0) is 41.2. The molecule has 0 bridgehead atoms. The molecule has 4 heterocycles. The highest BCUT2D eigenvalue weighted by molar-refractivity contribution is 5.93. The number of fused-ring (bicyclic) bond motifs is 2. The number of amides is 3. The molecule has 2 aliphatic carbocycles. The molecule has 0 unspecified atom stereocenters. The lowest BCUT2D eigenvalue weighted by Gasteiger charge is -2.13. The fourth-order valence-electron chi connectivity index (χ4n) is 7.46. The van der Waals surface area contributed by atoms with Crippen LogP contribution in [0.15, 0.2) is 48.5 Å². The smallest absolute Gasteiger partial charge is 0.357 e. The lowest BCUT2D eigenvalue weighted by molar-refractivity contribution is -0.138. The van der Waals surface area contributed by atoms with Gasteiger partial charge in [-0.05, 0) is 69.7 Å². The Morgan fingerprint density at radius 1 is 0.741 bits per heavy atom. The molecular weight excluding hydrogens is 739 g/mol. The van der Waals surface area contributed by atoms with Crippen molar-refractivity contribution < 1.29 is 34.1 Å². The molecule has 3 amide bonds. The van der Waals surface area contributed by atoms with Crippen molar-refractivity contribution in [2.45, 2.75) is 69.5 Å². The van der Waals surface area contributed by atoms with Crippen molar-refractivity contribution in [1.82, 2.24) is 29.7 Å². The van der Waals surface area contributed by atoms with Gasteiger partial charge in [0, 0.05) is 84.8 Å². The van der Waals surface area contributed by atoms with Crippen molar-refractivity contribution in [3.63, 3.8) is 0 Å². The number of hydrogen-bond acceptors (Lipinski definition) is 11. The zero-order valence-electron chi connectivity index (χ0n) is 32.6. The third-order valence-corrected chi connectivity index (χ3v) is 10.7. The Kier molecular flexibility index (Phi) is 11.1. The van der Waals surface area contributed by atoms with Crippen molar-refractivity contribution in [3.05, 3.63) is 93.6 Å². The first-order chi connectivity index (χ1) is 27.8. The molecular formula is C44H43N7O7. The topological polar surface area (TPSA) is 202 Å². The van der Waals surface area contributed by atoms with Gasteiger partial charge in [0.05, 0.1) is 6.61 Å². The molecule has 0 radical (unpaired) electrons. The van der Waals surface area contributed by atoms with E-state index < -0.39 is 23.1 Å². The molecule has 2 aliphatic heterocycles. The number of carbonyl (C=O) groups is 4. The summed E-state index contributed by atoms with van der Waals surface area (Å²) in [5.74, 6) is 10.3. The van der Waals surface area contributed by atoms with Crippen LogP contribution in [0.2, 0.25) is 0 Å². The summed E-state index contributed by atoms with van der Waals surface area (Å²) in [4.78, 5) is 69.5. The first kappa shape index (κ1) is 39.7. The molecule has 4 N–H and O–H groups in total. The van der Waals surface area contributed by atoms with Gasteiger partial charge in [-0.1, -0.05) is 47.9 Å². The first-order valence-corrected chi connectivity index (χ1v) is 19.3. The summed E-state index contributed by atoms with van der Waals surface area (Å²) >= 11 is 0. The van der Waals surface area contributed by atoms with Crippen LogP contribution in [0.5, 0.6) is 0 Å². The van der Waals surface area contributed by atoms with E-state index in [4.69, 9.17) is 10.5 Å². The molecule has 0 spiro atoms. The number of aromatic nitrogens is 4. The number of nitrogens with zero attached hydrogens (tertiary/aromatic N) is 6. The number of rotatable bonds is 5. The molecule has 2 saturated heterocycles. The van der Waals surface area contributed by atoms with E-state index in [0.29, 0.717) is 52.7 Å². The molecule has 2 aromatic heterocycles. The van der Waals surface area contributed by atoms with Crippen LogP contribution < -0.4 is 5.73 Å². The van der Waals surface area contributed by atoms with E-state index in [2.05, 4.69) is 43.6 Å². The van der Waals surface area contributed by atoms with E-state index >= 15 is 0 Å². The number of benzene rings is 2. The van der Waals surface area contributed by atoms with Crippen LogP contribution in [0.3, 0.4) is 0 Å². The van der Waals surface area contributed by atoms with Gasteiger partial charge in [0.1, 0.15) is 5.69 Å². The maximum Gasteiger partial charge on any atom is 0.357 e. The predicted octanol–water partition coefficient (Wildman–Crippen LogP) is 2.43. The number of esters is 1. The monoisotopic (exact) mass is 781 g/mol. The Labute approximate surface area is 335 Å². The van der Waals surface area contributed by atoms with Crippen molar-refractivity contribution in [2.75, 3.05) is 33.8 Å². The molecule has 4 aromatic rings. The molecule has 4 aliphatic rings. The lowest BCUT2D eigenvalue weighted by atomic mass is 10.0. The third-order valence-electron chi connectivity index (χ3n) is 10.7. The van der Waals surface area contributed by atoms with Gasteiger partial charge in [0.2, 0.25) is 11.2 Å². The Bertz CT molecular complexity index is 2480.